The number of rotatable bonds is 4. The maximum atomic E-state index is 11.9. The summed E-state index contributed by atoms with van der Waals surface area (Å²) >= 11 is 0. The summed E-state index contributed by atoms with van der Waals surface area (Å²) in [5.41, 5.74) is 1.91. The normalized spacial score (nSPS) is 18.4. The molecule has 7 nitrogen and oxygen atoms in total. The van der Waals surface area contributed by atoms with Gasteiger partial charge in [-0.3, -0.25) is 0 Å². The molecule has 25 heavy (non-hydrogen) atoms. The Morgan fingerprint density at radius 1 is 1.20 bits per heavy atom. The fourth-order valence-electron chi connectivity index (χ4n) is 3.27. The summed E-state index contributed by atoms with van der Waals surface area (Å²) in [5, 5.41) is 7.23. The fourth-order valence-corrected chi connectivity index (χ4v) is 3.27. The van der Waals surface area contributed by atoms with E-state index in [4.69, 9.17) is 4.98 Å². The molecule has 4 rings (SSSR count). The van der Waals surface area contributed by atoms with Crippen molar-refractivity contribution < 1.29 is 4.79 Å². The van der Waals surface area contributed by atoms with E-state index < -0.39 is 0 Å². The molecule has 2 amide bonds. The highest BCUT2D eigenvalue weighted by Gasteiger charge is 2.25. The van der Waals surface area contributed by atoms with Crippen molar-refractivity contribution in [2.45, 2.75) is 44.6 Å². The van der Waals surface area contributed by atoms with Crippen LogP contribution in [0.3, 0.4) is 0 Å². The number of likely N-dealkylation sites (tertiary alicyclic amines) is 1. The van der Waals surface area contributed by atoms with Crippen LogP contribution in [-0.2, 0) is 0 Å². The molecule has 1 aliphatic carbocycles. The Morgan fingerprint density at radius 2 is 2.00 bits per heavy atom. The number of piperidine rings is 1. The van der Waals surface area contributed by atoms with Gasteiger partial charge in [0.2, 0.25) is 5.95 Å². The van der Waals surface area contributed by atoms with E-state index in [2.05, 4.69) is 32.7 Å². The Labute approximate surface area is 147 Å². The number of fused-ring (bicyclic) bond motifs is 1. The van der Waals surface area contributed by atoms with Gasteiger partial charge in [0.25, 0.3) is 0 Å². The highest BCUT2D eigenvalue weighted by Crippen LogP contribution is 2.39. The standard InChI is InChI=1S/C18H24N6O/c1-2-19-18(25)24-9-7-14(8-10-24)21-17-20-11-13-5-6-15(12-3-4-12)22-16(13)23-17/h5-6,11-12,14H,2-4,7-10H2,1H3,(H,19,25)(H,20,21,22,23). The van der Waals surface area contributed by atoms with Gasteiger partial charge in [0.15, 0.2) is 5.65 Å². The third-order valence-corrected chi connectivity index (χ3v) is 4.90. The van der Waals surface area contributed by atoms with Crippen molar-refractivity contribution in [2.75, 3.05) is 25.0 Å². The van der Waals surface area contributed by atoms with Gasteiger partial charge in [-0.15, -0.1) is 0 Å². The lowest BCUT2D eigenvalue weighted by atomic mass is 10.1. The highest BCUT2D eigenvalue weighted by atomic mass is 16.2. The molecule has 1 saturated heterocycles. The molecule has 2 aliphatic rings. The van der Waals surface area contributed by atoms with Crippen molar-refractivity contribution in [3.8, 4) is 0 Å². The van der Waals surface area contributed by atoms with Crippen molar-refractivity contribution >= 4 is 23.0 Å². The zero-order valence-corrected chi connectivity index (χ0v) is 14.5. The first-order chi connectivity index (χ1) is 12.2. The Morgan fingerprint density at radius 3 is 2.72 bits per heavy atom. The van der Waals surface area contributed by atoms with Crippen LogP contribution in [0, 0.1) is 0 Å². The summed E-state index contributed by atoms with van der Waals surface area (Å²) in [6.45, 7) is 4.10. The van der Waals surface area contributed by atoms with Gasteiger partial charge >= 0.3 is 6.03 Å². The van der Waals surface area contributed by atoms with Crippen LogP contribution >= 0.6 is 0 Å². The third-order valence-electron chi connectivity index (χ3n) is 4.90. The minimum atomic E-state index is 0.0275. The summed E-state index contributed by atoms with van der Waals surface area (Å²) in [6.07, 6.45) is 6.10. The molecule has 0 bridgehead atoms. The number of carbonyl (C=O) groups excluding carboxylic acids is 1. The molecular weight excluding hydrogens is 316 g/mol. The summed E-state index contributed by atoms with van der Waals surface area (Å²) in [4.78, 5) is 27.4. The van der Waals surface area contributed by atoms with E-state index in [0.29, 0.717) is 18.4 Å². The van der Waals surface area contributed by atoms with Gasteiger partial charge in [0.05, 0.1) is 0 Å². The van der Waals surface area contributed by atoms with Crippen LogP contribution in [0.25, 0.3) is 11.0 Å². The van der Waals surface area contributed by atoms with E-state index >= 15 is 0 Å². The lowest BCUT2D eigenvalue weighted by Gasteiger charge is -2.32. The number of amides is 2. The minimum absolute atomic E-state index is 0.0275. The number of nitrogens with one attached hydrogen (secondary N) is 2. The summed E-state index contributed by atoms with van der Waals surface area (Å²) in [7, 11) is 0. The van der Waals surface area contributed by atoms with Gasteiger partial charge in [0, 0.05) is 48.9 Å². The molecule has 0 unspecified atom stereocenters. The monoisotopic (exact) mass is 340 g/mol. The first-order valence-corrected chi connectivity index (χ1v) is 9.16. The maximum absolute atomic E-state index is 11.9. The van der Waals surface area contributed by atoms with Gasteiger partial charge in [-0.25, -0.2) is 14.8 Å². The Kier molecular flexibility index (Phi) is 4.38. The highest BCUT2D eigenvalue weighted by molar-refractivity contribution is 5.75. The largest absolute Gasteiger partial charge is 0.351 e. The van der Waals surface area contributed by atoms with Crippen molar-refractivity contribution in [1.82, 2.24) is 25.2 Å². The zero-order valence-electron chi connectivity index (χ0n) is 14.5. The number of hydrogen-bond acceptors (Lipinski definition) is 5. The number of hydrogen-bond donors (Lipinski definition) is 2. The molecule has 3 heterocycles. The van der Waals surface area contributed by atoms with E-state index in [1.54, 1.807) is 0 Å². The van der Waals surface area contributed by atoms with E-state index in [1.807, 2.05) is 18.0 Å². The van der Waals surface area contributed by atoms with E-state index in [9.17, 15) is 4.79 Å². The Hall–Kier alpha value is -2.44. The molecule has 2 fully saturated rings. The van der Waals surface area contributed by atoms with E-state index in [1.165, 1.54) is 12.8 Å². The predicted octanol–water partition coefficient (Wildman–Crippen LogP) is 2.51. The molecule has 2 N–H and O–H groups in total. The fraction of sp³-hybridized carbons (Fsp3) is 0.556. The van der Waals surface area contributed by atoms with E-state index in [0.717, 1.165) is 42.7 Å². The lowest BCUT2D eigenvalue weighted by molar-refractivity contribution is 0.184. The number of anilines is 1. The zero-order chi connectivity index (χ0) is 17.2. The molecule has 0 aromatic carbocycles. The van der Waals surface area contributed by atoms with Crippen molar-refractivity contribution in [3.63, 3.8) is 0 Å². The summed E-state index contributed by atoms with van der Waals surface area (Å²) in [6, 6.07) is 4.47. The predicted molar refractivity (Wildman–Crippen MR) is 96.6 cm³/mol. The first-order valence-electron chi connectivity index (χ1n) is 9.16. The molecule has 2 aromatic rings. The van der Waals surface area contributed by atoms with Crippen molar-refractivity contribution in [2.24, 2.45) is 0 Å². The average molecular weight is 340 g/mol. The van der Waals surface area contributed by atoms with Crippen LogP contribution in [0.15, 0.2) is 18.3 Å². The van der Waals surface area contributed by atoms with Crippen molar-refractivity contribution in [1.29, 1.82) is 0 Å². The Balaban J connectivity index is 1.40. The second kappa shape index (κ2) is 6.82. The number of urea groups is 1. The number of pyridine rings is 1. The number of carbonyl (C=O) groups is 1. The van der Waals surface area contributed by atoms with Crippen LogP contribution < -0.4 is 10.6 Å². The quantitative estimate of drug-likeness (QED) is 0.893. The van der Waals surface area contributed by atoms with Crippen molar-refractivity contribution in [3.05, 3.63) is 24.0 Å². The topological polar surface area (TPSA) is 83.0 Å². The van der Waals surface area contributed by atoms with Gasteiger partial charge in [0.1, 0.15) is 0 Å². The summed E-state index contributed by atoms with van der Waals surface area (Å²) in [5.74, 6) is 1.25. The first kappa shape index (κ1) is 16.1. The van der Waals surface area contributed by atoms with Gasteiger partial charge in [-0.1, -0.05) is 0 Å². The van der Waals surface area contributed by atoms with Crippen LogP contribution in [-0.4, -0.2) is 51.6 Å². The van der Waals surface area contributed by atoms with Crippen LogP contribution in [0.4, 0.5) is 10.7 Å². The van der Waals surface area contributed by atoms with Crippen LogP contribution in [0.2, 0.25) is 0 Å². The number of aromatic nitrogens is 3. The second-order valence-electron chi connectivity index (χ2n) is 6.86. The van der Waals surface area contributed by atoms with Gasteiger partial charge < -0.3 is 15.5 Å². The minimum Gasteiger partial charge on any atom is -0.351 e. The smallest absolute Gasteiger partial charge is 0.317 e. The molecule has 0 radical (unpaired) electrons. The molecule has 0 atom stereocenters. The SMILES string of the molecule is CCNC(=O)N1CCC(Nc2ncc3ccc(C4CC4)nc3n2)CC1. The molecule has 0 spiro atoms. The molecule has 7 heteroatoms. The summed E-state index contributed by atoms with van der Waals surface area (Å²) < 4.78 is 0. The molecule has 132 valence electrons. The lowest BCUT2D eigenvalue weighted by Crippen LogP contribution is -2.46. The maximum Gasteiger partial charge on any atom is 0.317 e. The Bertz CT molecular complexity index is 767. The molecule has 1 aliphatic heterocycles. The average Bonchev–Trinajstić information content (AvgIpc) is 3.47. The third kappa shape index (κ3) is 3.65. The van der Waals surface area contributed by atoms with E-state index in [-0.39, 0.29) is 12.1 Å². The van der Waals surface area contributed by atoms with Gasteiger partial charge in [-0.05, 0) is 44.7 Å². The van der Waals surface area contributed by atoms with Crippen LogP contribution in [0.5, 0.6) is 0 Å². The number of nitrogens with zero attached hydrogens (tertiary/aromatic N) is 4. The molecule has 2 aromatic heterocycles. The van der Waals surface area contributed by atoms with Crippen LogP contribution in [0.1, 0.15) is 44.2 Å². The molecule has 1 saturated carbocycles. The molecular formula is C18H24N6O. The van der Waals surface area contributed by atoms with Gasteiger partial charge in [-0.2, -0.15) is 4.98 Å². The second-order valence-corrected chi connectivity index (χ2v) is 6.86.